The molecule has 0 aliphatic heterocycles. The molecule has 0 amide bonds. The highest BCUT2D eigenvalue weighted by Gasteiger charge is 2.13. The minimum Gasteiger partial charge on any atom is -0.394 e. The summed E-state index contributed by atoms with van der Waals surface area (Å²) in [5, 5.41) is 13.4. The standard InChI is InChI=1S/C11H12ClN3O2S/c12-7-1-3-8(4-2-7)18-6-10-14-11(17-15-10)9(13)5-16/h1-4,9,16H,5-6,13H2/t9-/m1/s1. The summed E-state index contributed by atoms with van der Waals surface area (Å²) in [5.74, 6) is 1.38. The highest BCUT2D eigenvalue weighted by Crippen LogP contribution is 2.23. The van der Waals surface area contributed by atoms with Gasteiger partial charge in [-0.05, 0) is 24.3 Å². The lowest BCUT2D eigenvalue weighted by Crippen LogP contribution is -2.14. The number of hydrogen-bond donors (Lipinski definition) is 2. The molecule has 2 rings (SSSR count). The van der Waals surface area contributed by atoms with Crippen LogP contribution >= 0.6 is 23.4 Å². The molecule has 3 N–H and O–H groups in total. The van der Waals surface area contributed by atoms with E-state index in [0.717, 1.165) is 4.90 Å². The first-order valence-corrected chi connectivity index (χ1v) is 6.62. The maximum Gasteiger partial charge on any atom is 0.245 e. The van der Waals surface area contributed by atoms with Crippen molar-refractivity contribution in [3.05, 3.63) is 41.0 Å². The number of nitrogens with zero attached hydrogens (tertiary/aromatic N) is 2. The van der Waals surface area contributed by atoms with Crippen LogP contribution in [0.25, 0.3) is 0 Å². The van der Waals surface area contributed by atoms with E-state index in [-0.39, 0.29) is 12.5 Å². The summed E-state index contributed by atoms with van der Waals surface area (Å²) >= 11 is 7.36. The average Bonchev–Trinajstić information content (AvgIpc) is 2.86. The van der Waals surface area contributed by atoms with Crippen LogP contribution in [0.1, 0.15) is 17.8 Å². The molecule has 0 aliphatic rings. The monoisotopic (exact) mass is 285 g/mol. The first kappa shape index (κ1) is 13.4. The van der Waals surface area contributed by atoms with Gasteiger partial charge in [-0.2, -0.15) is 4.98 Å². The van der Waals surface area contributed by atoms with Crippen molar-refractivity contribution >= 4 is 23.4 Å². The topological polar surface area (TPSA) is 85.2 Å². The predicted molar refractivity (Wildman–Crippen MR) is 69.3 cm³/mol. The van der Waals surface area contributed by atoms with E-state index >= 15 is 0 Å². The number of rotatable bonds is 5. The third kappa shape index (κ3) is 3.46. The Morgan fingerprint density at radius 1 is 1.39 bits per heavy atom. The van der Waals surface area contributed by atoms with Crippen molar-refractivity contribution in [2.24, 2.45) is 5.73 Å². The number of aliphatic hydroxyl groups is 1. The molecule has 0 bridgehead atoms. The van der Waals surface area contributed by atoms with Crippen molar-refractivity contribution in [2.45, 2.75) is 16.7 Å². The smallest absolute Gasteiger partial charge is 0.245 e. The normalized spacial score (nSPS) is 12.6. The van der Waals surface area contributed by atoms with E-state index in [0.29, 0.717) is 16.6 Å². The van der Waals surface area contributed by atoms with Crippen molar-refractivity contribution in [1.82, 2.24) is 10.1 Å². The lowest BCUT2D eigenvalue weighted by Gasteiger charge is -1.99. The van der Waals surface area contributed by atoms with Crippen molar-refractivity contribution in [3.8, 4) is 0 Å². The van der Waals surface area contributed by atoms with Gasteiger partial charge in [-0.25, -0.2) is 0 Å². The van der Waals surface area contributed by atoms with Crippen LogP contribution in [0, 0.1) is 0 Å². The van der Waals surface area contributed by atoms with E-state index in [9.17, 15) is 0 Å². The van der Waals surface area contributed by atoms with Crippen LogP contribution in [0.15, 0.2) is 33.7 Å². The Kier molecular flexibility index (Phi) is 4.60. The molecule has 1 atom stereocenters. The Labute approximate surface area is 113 Å². The van der Waals surface area contributed by atoms with Crippen LogP contribution in [-0.2, 0) is 5.75 Å². The Hall–Kier alpha value is -1.08. The quantitative estimate of drug-likeness (QED) is 0.818. The SMILES string of the molecule is N[C@H](CO)c1nc(CSc2ccc(Cl)cc2)no1. The van der Waals surface area contributed by atoms with Crippen LogP contribution in [0.2, 0.25) is 5.02 Å². The zero-order valence-electron chi connectivity index (χ0n) is 9.41. The van der Waals surface area contributed by atoms with Gasteiger partial charge in [-0.1, -0.05) is 16.8 Å². The highest BCUT2D eigenvalue weighted by atomic mass is 35.5. The van der Waals surface area contributed by atoms with Crippen molar-refractivity contribution in [3.63, 3.8) is 0 Å². The van der Waals surface area contributed by atoms with E-state index < -0.39 is 6.04 Å². The largest absolute Gasteiger partial charge is 0.394 e. The second-order valence-corrected chi connectivity index (χ2v) is 5.07. The molecule has 0 fully saturated rings. The maximum absolute atomic E-state index is 8.86. The molecule has 5 nitrogen and oxygen atoms in total. The van der Waals surface area contributed by atoms with E-state index in [2.05, 4.69) is 10.1 Å². The number of benzene rings is 1. The zero-order valence-corrected chi connectivity index (χ0v) is 11.0. The summed E-state index contributed by atoms with van der Waals surface area (Å²) in [7, 11) is 0. The molecule has 0 saturated heterocycles. The molecule has 1 heterocycles. The van der Waals surface area contributed by atoms with Crippen LogP contribution in [0.3, 0.4) is 0 Å². The minimum atomic E-state index is -0.619. The van der Waals surface area contributed by atoms with E-state index in [1.165, 1.54) is 0 Å². The molecule has 1 aromatic carbocycles. The molecular formula is C11H12ClN3O2S. The molecule has 0 radical (unpaired) electrons. The Balaban J connectivity index is 1.94. The van der Waals surface area contributed by atoms with Gasteiger partial charge in [0.2, 0.25) is 5.89 Å². The highest BCUT2D eigenvalue weighted by molar-refractivity contribution is 7.98. The van der Waals surface area contributed by atoms with Gasteiger partial charge < -0.3 is 15.4 Å². The predicted octanol–water partition coefficient (Wildman–Crippen LogP) is 2.01. The minimum absolute atomic E-state index is 0.216. The van der Waals surface area contributed by atoms with E-state index in [4.69, 9.17) is 27.0 Å². The summed E-state index contributed by atoms with van der Waals surface area (Å²) in [6, 6.07) is 6.88. The molecular weight excluding hydrogens is 274 g/mol. The Bertz CT molecular complexity index is 503. The molecule has 0 spiro atoms. The molecule has 0 saturated carbocycles. The van der Waals surface area contributed by atoms with Crippen LogP contribution in [-0.4, -0.2) is 21.9 Å². The molecule has 2 aromatic rings. The lowest BCUT2D eigenvalue weighted by molar-refractivity contribution is 0.236. The second-order valence-electron chi connectivity index (χ2n) is 3.58. The van der Waals surface area contributed by atoms with Gasteiger partial charge in [0.15, 0.2) is 5.82 Å². The summed E-state index contributed by atoms with van der Waals surface area (Å²) in [5.41, 5.74) is 5.56. The zero-order chi connectivity index (χ0) is 13.0. The molecule has 0 aliphatic carbocycles. The third-order valence-electron chi connectivity index (χ3n) is 2.18. The lowest BCUT2D eigenvalue weighted by atomic mass is 10.3. The van der Waals surface area contributed by atoms with Gasteiger partial charge in [0.05, 0.1) is 12.4 Å². The first-order chi connectivity index (χ1) is 8.69. The number of hydrogen-bond acceptors (Lipinski definition) is 6. The fourth-order valence-corrected chi connectivity index (χ4v) is 2.10. The molecule has 96 valence electrons. The molecule has 7 heteroatoms. The van der Waals surface area contributed by atoms with Crippen molar-refractivity contribution < 1.29 is 9.63 Å². The number of halogens is 1. The van der Waals surface area contributed by atoms with Crippen LogP contribution < -0.4 is 5.73 Å². The first-order valence-electron chi connectivity index (χ1n) is 5.26. The number of aromatic nitrogens is 2. The molecule has 1 aromatic heterocycles. The number of aliphatic hydroxyl groups excluding tert-OH is 1. The average molecular weight is 286 g/mol. The summed E-state index contributed by atoms with van der Waals surface area (Å²) in [6.45, 7) is -0.216. The van der Waals surface area contributed by atoms with Gasteiger partial charge >= 0.3 is 0 Å². The van der Waals surface area contributed by atoms with Gasteiger partial charge in [-0.15, -0.1) is 11.8 Å². The maximum atomic E-state index is 8.86. The number of nitrogens with two attached hydrogens (primary N) is 1. The van der Waals surface area contributed by atoms with Gasteiger partial charge in [-0.3, -0.25) is 0 Å². The summed E-state index contributed by atoms with van der Waals surface area (Å²) in [4.78, 5) is 5.17. The van der Waals surface area contributed by atoms with Gasteiger partial charge in [0, 0.05) is 9.92 Å². The second kappa shape index (κ2) is 6.19. The summed E-state index contributed by atoms with van der Waals surface area (Å²) < 4.78 is 4.94. The van der Waals surface area contributed by atoms with Gasteiger partial charge in [0.1, 0.15) is 6.04 Å². The van der Waals surface area contributed by atoms with Crippen molar-refractivity contribution in [1.29, 1.82) is 0 Å². The Morgan fingerprint density at radius 2 is 2.11 bits per heavy atom. The van der Waals surface area contributed by atoms with Crippen LogP contribution in [0.5, 0.6) is 0 Å². The van der Waals surface area contributed by atoms with Crippen LogP contribution in [0.4, 0.5) is 0 Å². The Morgan fingerprint density at radius 3 is 2.78 bits per heavy atom. The van der Waals surface area contributed by atoms with E-state index in [1.807, 2.05) is 24.3 Å². The summed E-state index contributed by atoms with van der Waals surface area (Å²) in [6.07, 6.45) is 0. The fourth-order valence-electron chi connectivity index (χ4n) is 1.23. The molecule has 0 unspecified atom stereocenters. The fraction of sp³-hybridized carbons (Fsp3) is 0.273. The van der Waals surface area contributed by atoms with E-state index in [1.54, 1.807) is 11.8 Å². The number of thioether (sulfide) groups is 1. The molecule has 18 heavy (non-hydrogen) atoms. The third-order valence-corrected chi connectivity index (χ3v) is 3.44. The van der Waals surface area contributed by atoms with Crippen molar-refractivity contribution in [2.75, 3.05) is 6.61 Å². The van der Waals surface area contributed by atoms with Gasteiger partial charge in [0.25, 0.3) is 0 Å².